The molecule has 0 amide bonds. The molecule has 0 spiro atoms. The van der Waals surface area contributed by atoms with E-state index in [1.165, 1.54) is 0 Å². The molecule has 0 N–H and O–H groups in total. The summed E-state index contributed by atoms with van der Waals surface area (Å²) in [6.45, 7) is 0. The van der Waals surface area contributed by atoms with Crippen LogP contribution < -0.4 is 14.2 Å². The fourth-order valence-corrected chi connectivity index (χ4v) is 3.94. The summed E-state index contributed by atoms with van der Waals surface area (Å²) < 4.78 is 17.3. The van der Waals surface area contributed by atoms with E-state index in [2.05, 4.69) is 11.1 Å². The first-order valence-corrected chi connectivity index (χ1v) is 9.52. The minimum absolute atomic E-state index is 0.0659. The van der Waals surface area contributed by atoms with E-state index in [0.29, 0.717) is 0 Å². The van der Waals surface area contributed by atoms with E-state index in [0.717, 1.165) is 46.1 Å². The number of rotatable bonds is 4. The third kappa shape index (κ3) is 2.97. The number of para-hydroxylation sites is 1. The first-order valence-electron chi connectivity index (χ1n) is 9.52. The van der Waals surface area contributed by atoms with Gasteiger partial charge in [0.1, 0.15) is 5.75 Å². The minimum atomic E-state index is -0.358. The van der Waals surface area contributed by atoms with Crippen LogP contribution in [-0.2, 0) is 0 Å². The zero-order valence-corrected chi connectivity index (χ0v) is 16.3. The van der Waals surface area contributed by atoms with Crippen molar-refractivity contribution in [3.05, 3.63) is 83.7 Å². The fraction of sp³-hybridized carbons (Fsp3) is 0.217. The van der Waals surface area contributed by atoms with Crippen molar-refractivity contribution < 1.29 is 14.2 Å². The van der Waals surface area contributed by atoms with Crippen LogP contribution in [0.2, 0.25) is 0 Å². The van der Waals surface area contributed by atoms with E-state index in [1.54, 1.807) is 20.4 Å². The van der Waals surface area contributed by atoms with Gasteiger partial charge in [0.25, 0.3) is 0 Å². The van der Waals surface area contributed by atoms with E-state index in [-0.39, 0.29) is 12.3 Å². The maximum atomic E-state index is 6.45. The van der Waals surface area contributed by atoms with Crippen LogP contribution in [0.15, 0.2) is 72.1 Å². The molecule has 0 unspecified atom stereocenters. The van der Waals surface area contributed by atoms with Crippen LogP contribution in [0.1, 0.15) is 35.4 Å². The summed E-state index contributed by atoms with van der Waals surface area (Å²) in [6.07, 6.45) is 4.05. The Hall–Kier alpha value is -3.54. The second-order valence-electron chi connectivity index (χ2n) is 7.01. The lowest BCUT2D eigenvalue weighted by atomic mass is 9.96. The van der Waals surface area contributed by atoms with Crippen LogP contribution in [0.25, 0.3) is 0 Å². The molecule has 0 radical (unpaired) electrons. The SMILES string of the molecule is COc1ccc([C@@H]2Oc3c(OC)cccc3[C@H]3CC(c4cccnc4)=NN32)cc1. The standard InChI is InChI=1S/C23H21N3O3/c1-27-17-10-8-15(9-11-17)23-26-20(13-19(25-26)16-5-4-12-24-14-16)18-6-3-7-21(28-2)22(18)29-23/h3-12,14,20,23H,13H2,1-2H3/t20-,23+/m1/s1. The van der Waals surface area contributed by atoms with Crippen molar-refractivity contribution in [1.29, 1.82) is 0 Å². The Kier molecular flexibility index (Phi) is 4.31. The molecule has 0 fully saturated rings. The Morgan fingerprint density at radius 2 is 1.86 bits per heavy atom. The van der Waals surface area contributed by atoms with Crippen LogP contribution >= 0.6 is 0 Å². The molecule has 6 nitrogen and oxygen atoms in total. The van der Waals surface area contributed by atoms with Gasteiger partial charge in [-0.2, -0.15) is 5.10 Å². The fourth-order valence-electron chi connectivity index (χ4n) is 3.94. The highest BCUT2D eigenvalue weighted by molar-refractivity contribution is 6.01. The van der Waals surface area contributed by atoms with Crippen LogP contribution in [0.4, 0.5) is 0 Å². The Morgan fingerprint density at radius 3 is 2.59 bits per heavy atom. The smallest absolute Gasteiger partial charge is 0.214 e. The van der Waals surface area contributed by atoms with E-state index in [1.807, 2.05) is 59.7 Å². The van der Waals surface area contributed by atoms with E-state index in [9.17, 15) is 0 Å². The molecule has 0 saturated heterocycles. The number of fused-ring (bicyclic) bond motifs is 3. The summed E-state index contributed by atoms with van der Waals surface area (Å²) in [5.41, 5.74) is 4.11. The van der Waals surface area contributed by atoms with Gasteiger partial charge in [-0.15, -0.1) is 0 Å². The van der Waals surface area contributed by atoms with Gasteiger partial charge in [-0.25, -0.2) is 5.01 Å². The number of hydrogen-bond donors (Lipinski definition) is 0. The number of nitrogens with zero attached hydrogens (tertiary/aromatic N) is 3. The molecule has 6 heteroatoms. The predicted molar refractivity (Wildman–Crippen MR) is 109 cm³/mol. The Labute approximate surface area is 169 Å². The third-order valence-electron chi connectivity index (χ3n) is 5.40. The molecule has 0 bridgehead atoms. The summed E-state index contributed by atoms with van der Waals surface area (Å²) in [4.78, 5) is 4.25. The summed E-state index contributed by atoms with van der Waals surface area (Å²) >= 11 is 0. The number of hydrogen-bond acceptors (Lipinski definition) is 6. The lowest BCUT2D eigenvalue weighted by Crippen LogP contribution is -2.33. The monoisotopic (exact) mass is 387 g/mol. The second-order valence-corrected chi connectivity index (χ2v) is 7.01. The molecule has 2 aliphatic rings. The number of benzene rings is 2. The van der Waals surface area contributed by atoms with Crippen molar-refractivity contribution in [3.8, 4) is 17.2 Å². The number of ether oxygens (including phenoxy) is 3. The van der Waals surface area contributed by atoms with Crippen LogP contribution in [0.5, 0.6) is 17.2 Å². The van der Waals surface area contributed by atoms with E-state index in [4.69, 9.17) is 19.3 Å². The van der Waals surface area contributed by atoms with E-state index < -0.39 is 0 Å². The molecule has 2 atom stereocenters. The van der Waals surface area contributed by atoms with Crippen molar-refractivity contribution in [2.45, 2.75) is 18.7 Å². The predicted octanol–water partition coefficient (Wildman–Crippen LogP) is 4.34. The summed E-state index contributed by atoms with van der Waals surface area (Å²) in [5.74, 6) is 2.32. The quantitative estimate of drug-likeness (QED) is 0.667. The van der Waals surface area contributed by atoms with Gasteiger partial charge in [-0.3, -0.25) is 4.98 Å². The maximum Gasteiger partial charge on any atom is 0.214 e. The molecule has 146 valence electrons. The third-order valence-corrected chi connectivity index (χ3v) is 5.40. The molecular formula is C23H21N3O3. The zero-order valence-electron chi connectivity index (χ0n) is 16.3. The van der Waals surface area contributed by atoms with Gasteiger partial charge in [-0.1, -0.05) is 18.2 Å². The van der Waals surface area contributed by atoms with Gasteiger partial charge in [0.15, 0.2) is 11.5 Å². The maximum absolute atomic E-state index is 6.45. The first kappa shape index (κ1) is 17.6. The molecule has 5 rings (SSSR count). The average Bonchev–Trinajstić information content (AvgIpc) is 3.24. The summed E-state index contributed by atoms with van der Waals surface area (Å²) in [6, 6.07) is 17.9. The molecule has 0 aliphatic carbocycles. The van der Waals surface area contributed by atoms with Gasteiger partial charge >= 0.3 is 0 Å². The number of methoxy groups -OCH3 is 2. The molecule has 1 aromatic heterocycles. The lowest BCUT2D eigenvalue weighted by molar-refractivity contribution is -0.0209. The molecular weight excluding hydrogens is 366 g/mol. The van der Waals surface area contributed by atoms with Gasteiger partial charge in [-0.05, 0) is 36.4 Å². The highest BCUT2D eigenvalue weighted by Gasteiger charge is 2.42. The van der Waals surface area contributed by atoms with Gasteiger partial charge in [0, 0.05) is 35.5 Å². The van der Waals surface area contributed by atoms with Crippen molar-refractivity contribution in [2.75, 3.05) is 14.2 Å². The summed E-state index contributed by atoms with van der Waals surface area (Å²) in [7, 11) is 3.33. The Bertz CT molecular complexity index is 1050. The van der Waals surface area contributed by atoms with E-state index >= 15 is 0 Å². The summed E-state index contributed by atoms with van der Waals surface area (Å²) in [5, 5.41) is 7.00. The number of aromatic nitrogens is 1. The molecule has 3 heterocycles. The van der Waals surface area contributed by atoms with Gasteiger partial charge in [0.2, 0.25) is 6.23 Å². The van der Waals surface area contributed by atoms with Gasteiger partial charge in [0.05, 0.1) is 26.0 Å². The molecule has 0 saturated carbocycles. The Balaban J connectivity index is 1.60. The molecule has 2 aliphatic heterocycles. The number of hydrazone groups is 1. The number of pyridine rings is 1. The normalized spacial score (nSPS) is 19.7. The van der Waals surface area contributed by atoms with Crippen LogP contribution in [0.3, 0.4) is 0 Å². The molecule has 29 heavy (non-hydrogen) atoms. The topological polar surface area (TPSA) is 56.2 Å². The largest absolute Gasteiger partial charge is 0.497 e. The van der Waals surface area contributed by atoms with Crippen molar-refractivity contribution in [3.63, 3.8) is 0 Å². The highest BCUT2D eigenvalue weighted by atomic mass is 16.5. The Morgan fingerprint density at radius 1 is 1.00 bits per heavy atom. The van der Waals surface area contributed by atoms with Gasteiger partial charge < -0.3 is 14.2 Å². The average molecular weight is 387 g/mol. The van der Waals surface area contributed by atoms with Crippen LogP contribution in [0, 0.1) is 0 Å². The van der Waals surface area contributed by atoms with Crippen molar-refractivity contribution >= 4 is 5.71 Å². The minimum Gasteiger partial charge on any atom is -0.497 e. The second kappa shape index (κ2) is 7.13. The zero-order chi connectivity index (χ0) is 19.8. The first-order chi connectivity index (χ1) is 14.3. The molecule has 3 aromatic rings. The molecule has 2 aromatic carbocycles. The van der Waals surface area contributed by atoms with Crippen molar-refractivity contribution in [2.24, 2.45) is 5.10 Å². The highest BCUT2D eigenvalue weighted by Crippen LogP contribution is 2.50. The van der Waals surface area contributed by atoms with Crippen molar-refractivity contribution in [1.82, 2.24) is 9.99 Å². The lowest BCUT2D eigenvalue weighted by Gasteiger charge is -2.38. The van der Waals surface area contributed by atoms with Crippen LogP contribution in [-0.4, -0.2) is 29.9 Å².